The smallest absolute Gasteiger partial charge is 0.271 e. The lowest BCUT2D eigenvalue weighted by Crippen LogP contribution is -2.28. The third-order valence-electron chi connectivity index (χ3n) is 4.00. The molecule has 0 bridgehead atoms. The summed E-state index contributed by atoms with van der Waals surface area (Å²) in [5.74, 6) is 1.66. The van der Waals surface area contributed by atoms with Gasteiger partial charge in [0.25, 0.3) is 5.91 Å². The molecule has 0 unspecified atom stereocenters. The molecule has 21 heavy (non-hydrogen) atoms. The monoisotopic (exact) mass is 287 g/mol. The van der Waals surface area contributed by atoms with Crippen LogP contribution in [-0.4, -0.2) is 31.8 Å². The Kier molecular flexibility index (Phi) is 3.53. The lowest BCUT2D eigenvalue weighted by Gasteiger charge is -2.10. The van der Waals surface area contributed by atoms with Crippen LogP contribution in [0.2, 0.25) is 0 Å². The van der Waals surface area contributed by atoms with Crippen molar-refractivity contribution < 1.29 is 4.79 Å². The van der Waals surface area contributed by atoms with E-state index in [-0.39, 0.29) is 5.91 Å². The maximum Gasteiger partial charge on any atom is 0.271 e. The second-order valence-electron chi connectivity index (χ2n) is 5.73. The van der Waals surface area contributed by atoms with Crippen molar-refractivity contribution in [1.29, 1.82) is 0 Å². The van der Waals surface area contributed by atoms with Crippen LogP contribution in [0, 0.1) is 13.8 Å². The molecule has 1 amide bonds. The zero-order valence-corrected chi connectivity index (χ0v) is 12.8. The van der Waals surface area contributed by atoms with Crippen molar-refractivity contribution in [2.75, 3.05) is 6.54 Å². The number of hydrogen-bond acceptors (Lipinski definition) is 3. The SMILES string of the molecule is Cc1cc(C(=O)NCCn2c(C)cnc2C2CC2)nn1C. The van der Waals surface area contributed by atoms with Gasteiger partial charge in [-0.05, 0) is 32.8 Å². The lowest BCUT2D eigenvalue weighted by atomic mass is 10.3. The van der Waals surface area contributed by atoms with E-state index in [9.17, 15) is 4.79 Å². The zero-order valence-electron chi connectivity index (χ0n) is 12.8. The van der Waals surface area contributed by atoms with Crippen molar-refractivity contribution in [2.45, 2.75) is 39.2 Å². The first-order chi connectivity index (χ1) is 10.1. The summed E-state index contributed by atoms with van der Waals surface area (Å²) < 4.78 is 3.92. The van der Waals surface area contributed by atoms with Gasteiger partial charge >= 0.3 is 0 Å². The van der Waals surface area contributed by atoms with Crippen molar-refractivity contribution in [3.05, 3.63) is 35.2 Å². The summed E-state index contributed by atoms with van der Waals surface area (Å²) in [5, 5.41) is 7.11. The maximum absolute atomic E-state index is 12.0. The Hall–Kier alpha value is -2.11. The Labute approximate surface area is 124 Å². The summed E-state index contributed by atoms with van der Waals surface area (Å²) >= 11 is 0. The van der Waals surface area contributed by atoms with E-state index >= 15 is 0 Å². The number of nitrogens with one attached hydrogen (secondary N) is 1. The maximum atomic E-state index is 12.0. The second-order valence-corrected chi connectivity index (χ2v) is 5.73. The van der Waals surface area contributed by atoms with Crippen LogP contribution in [0.15, 0.2) is 12.3 Å². The van der Waals surface area contributed by atoms with E-state index in [1.165, 1.54) is 12.8 Å². The van der Waals surface area contributed by atoms with E-state index < -0.39 is 0 Å². The molecule has 6 nitrogen and oxygen atoms in total. The molecule has 0 radical (unpaired) electrons. The molecule has 1 aliphatic rings. The standard InChI is InChI=1S/C15H21N5O/c1-10-8-13(18-19(10)3)15(21)16-6-7-20-11(2)9-17-14(20)12-4-5-12/h8-9,12H,4-7H2,1-3H3,(H,16,21). The normalized spacial score (nSPS) is 14.4. The van der Waals surface area contributed by atoms with Crippen molar-refractivity contribution >= 4 is 5.91 Å². The van der Waals surface area contributed by atoms with Gasteiger partial charge in [-0.2, -0.15) is 5.10 Å². The molecule has 1 aliphatic carbocycles. The highest BCUT2D eigenvalue weighted by Gasteiger charge is 2.28. The molecule has 2 heterocycles. The topological polar surface area (TPSA) is 64.7 Å². The fraction of sp³-hybridized carbons (Fsp3) is 0.533. The number of aromatic nitrogens is 4. The minimum atomic E-state index is -0.121. The van der Waals surface area contributed by atoms with Crippen molar-refractivity contribution in [1.82, 2.24) is 24.6 Å². The molecule has 112 valence electrons. The Morgan fingerprint density at radius 2 is 2.14 bits per heavy atom. The molecule has 3 rings (SSSR count). The van der Waals surface area contributed by atoms with Crippen molar-refractivity contribution in [3.63, 3.8) is 0 Å². The predicted molar refractivity (Wildman–Crippen MR) is 79.2 cm³/mol. The zero-order chi connectivity index (χ0) is 15.0. The van der Waals surface area contributed by atoms with Gasteiger partial charge in [0.05, 0.1) is 0 Å². The largest absolute Gasteiger partial charge is 0.349 e. The van der Waals surface area contributed by atoms with Gasteiger partial charge in [-0.25, -0.2) is 4.98 Å². The summed E-state index contributed by atoms with van der Waals surface area (Å²) in [6.07, 6.45) is 4.38. The van der Waals surface area contributed by atoms with Gasteiger partial charge < -0.3 is 9.88 Å². The minimum absolute atomic E-state index is 0.121. The Morgan fingerprint density at radius 3 is 2.76 bits per heavy atom. The highest BCUT2D eigenvalue weighted by atomic mass is 16.1. The van der Waals surface area contributed by atoms with Crippen LogP contribution in [0.4, 0.5) is 0 Å². The Bertz CT molecular complexity index is 646. The van der Waals surface area contributed by atoms with E-state index in [0.29, 0.717) is 18.2 Å². The molecule has 0 spiro atoms. The van der Waals surface area contributed by atoms with Crippen molar-refractivity contribution in [2.24, 2.45) is 7.05 Å². The van der Waals surface area contributed by atoms with E-state index in [1.54, 1.807) is 10.7 Å². The Balaban J connectivity index is 1.58. The predicted octanol–water partition coefficient (Wildman–Crippen LogP) is 1.54. The molecular weight excluding hydrogens is 266 g/mol. The highest BCUT2D eigenvalue weighted by molar-refractivity contribution is 5.92. The third-order valence-corrected chi connectivity index (χ3v) is 4.00. The van der Waals surface area contributed by atoms with Crippen LogP contribution in [0.25, 0.3) is 0 Å². The number of nitrogens with zero attached hydrogens (tertiary/aromatic N) is 4. The molecule has 1 saturated carbocycles. The average molecular weight is 287 g/mol. The number of carbonyl (C=O) groups excluding carboxylic acids is 1. The van der Waals surface area contributed by atoms with Gasteiger partial charge in [0.2, 0.25) is 0 Å². The third kappa shape index (κ3) is 2.84. The summed E-state index contributed by atoms with van der Waals surface area (Å²) in [7, 11) is 1.84. The molecule has 2 aromatic heterocycles. The van der Waals surface area contributed by atoms with Crippen molar-refractivity contribution in [3.8, 4) is 0 Å². The fourth-order valence-corrected chi connectivity index (χ4v) is 2.48. The van der Waals surface area contributed by atoms with E-state index in [1.807, 2.05) is 20.2 Å². The number of amides is 1. The molecule has 1 N–H and O–H groups in total. The number of aryl methyl sites for hydroxylation is 3. The van der Waals surface area contributed by atoms with Gasteiger partial charge in [-0.15, -0.1) is 0 Å². The quantitative estimate of drug-likeness (QED) is 0.907. The first-order valence-corrected chi connectivity index (χ1v) is 7.37. The van der Waals surface area contributed by atoms with Gasteiger partial charge in [-0.1, -0.05) is 0 Å². The molecule has 0 aliphatic heterocycles. The van der Waals surface area contributed by atoms with Crippen LogP contribution >= 0.6 is 0 Å². The van der Waals surface area contributed by atoms with Crippen LogP contribution < -0.4 is 5.32 Å². The summed E-state index contributed by atoms with van der Waals surface area (Å²) in [4.78, 5) is 16.5. The number of rotatable bonds is 5. The molecule has 0 atom stereocenters. The van der Waals surface area contributed by atoms with E-state index in [0.717, 1.165) is 23.8 Å². The molecular formula is C15H21N5O. The fourth-order valence-electron chi connectivity index (χ4n) is 2.48. The van der Waals surface area contributed by atoms with Crippen LogP contribution in [0.1, 0.15) is 46.5 Å². The van der Waals surface area contributed by atoms with Gasteiger partial charge in [0, 0.05) is 43.6 Å². The number of hydrogen-bond donors (Lipinski definition) is 1. The molecule has 6 heteroatoms. The lowest BCUT2D eigenvalue weighted by molar-refractivity contribution is 0.0946. The Morgan fingerprint density at radius 1 is 1.38 bits per heavy atom. The number of carbonyl (C=O) groups is 1. The molecule has 0 saturated heterocycles. The second kappa shape index (κ2) is 5.35. The summed E-state index contributed by atoms with van der Waals surface area (Å²) in [6.45, 7) is 5.34. The van der Waals surface area contributed by atoms with E-state index in [2.05, 4.69) is 26.9 Å². The number of imidazole rings is 1. The highest BCUT2D eigenvalue weighted by Crippen LogP contribution is 2.39. The molecule has 0 aromatic carbocycles. The van der Waals surface area contributed by atoms with Gasteiger partial charge in [0.15, 0.2) is 0 Å². The average Bonchev–Trinajstić information content (AvgIpc) is 3.15. The first-order valence-electron chi connectivity index (χ1n) is 7.37. The minimum Gasteiger partial charge on any atom is -0.349 e. The first kappa shape index (κ1) is 13.9. The van der Waals surface area contributed by atoms with Crippen LogP contribution in [0.3, 0.4) is 0 Å². The summed E-state index contributed by atoms with van der Waals surface area (Å²) in [5.41, 5.74) is 2.60. The van der Waals surface area contributed by atoms with Crippen LogP contribution in [0.5, 0.6) is 0 Å². The molecule has 1 fully saturated rings. The van der Waals surface area contributed by atoms with Gasteiger partial charge in [-0.3, -0.25) is 9.48 Å². The van der Waals surface area contributed by atoms with Gasteiger partial charge in [0.1, 0.15) is 11.5 Å². The summed E-state index contributed by atoms with van der Waals surface area (Å²) in [6, 6.07) is 1.80. The van der Waals surface area contributed by atoms with E-state index in [4.69, 9.17) is 0 Å². The van der Waals surface area contributed by atoms with Crippen LogP contribution in [-0.2, 0) is 13.6 Å². The molecule has 2 aromatic rings.